The summed E-state index contributed by atoms with van der Waals surface area (Å²) in [6.45, 7) is 4.13. The van der Waals surface area contributed by atoms with Crippen LogP contribution in [0.3, 0.4) is 0 Å². The summed E-state index contributed by atoms with van der Waals surface area (Å²) in [6, 6.07) is 17.0. The Morgan fingerprint density at radius 1 is 0.894 bits per heavy atom. The minimum Gasteiger partial charge on any atom is -0.373 e. The Hall–Kier alpha value is -3.74. The molecule has 0 aliphatic carbocycles. The van der Waals surface area contributed by atoms with E-state index in [0.29, 0.717) is 50.4 Å². The minimum absolute atomic E-state index is 0.0160. The van der Waals surface area contributed by atoms with Crippen LogP contribution in [0.15, 0.2) is 84.6 Å². The van der Waals surface area contributed by atoms with E-state index in [1.165, 1.54) is 19.1 Å². The topological polar surface area (TPSA) is 42.0 Å². The molecule has 3 heterocycles. The molecule has 0 spiro atoms. The van der Waals surface area contributed by atoms with Crippen LogP contribution < -0.4 is 0 Å². The number of fused-ring (bicyclic) bond motifs is 1. The van der Waals surface area contributed by atoms with Crippen LogP contribution in [-0.2, 0) is 33.2 Å². The number of ketones is 1. The van der Waals surface area contributed by atoms with Gasteiger partial charge < -0.3 is 14.4 Å². The van der Waals surface area contributed by atoms with Crippen LogP contribution in [0.25, 0.3) is 0 Å². The Bertz CT molecular complexity index is 1580. The predicted molar refractivity (Wildman–Crippen MR) is 158 cm³/mol. The molecule has 0 amide bonds. The van der Waals surface area contributed by atoms with Gasteiger partial charge in [-0.05, 0) is 59.9 Å². The third-order valence-electron chi connectivity index (χ3n) is 9.14. The fourth-order valence-electron chi connectivity index (χ4n) is 6.87. The van der Waals surface area contributed by atoms with Crippen molar-refractivity contribution in [3.8, 4) is 0 Å². The molecule has 250 valence electrons. The van der Waals surface area contributed by atoms with Crippen LogP contribution >= 0.6 is 0 Å². The van der Waals surface area contributed by atoms with E-state index < -0.39 is 47.6 Å². The third-order valence-corrected chi connectivity index (χ3v) is 9.14. The number of rotatable bonds is 7. The molecule has 0 bridgehead atoms. The van der Waals surface area contributed by atoms with Gasteiger partial charge in [0, 0.05) is 49.8 Å². The number of hydrogen-bond donors (Lipinski definition) is 0. The summed E-state index contributed by atoms with van der Waals surface area (Å²) in [7, 11) is 0. The number of likely N-dealkylation sites (tertiary alicyclic amines) is 1. The number of benzene rings is 3. The molecule has 2 fully saturated rings. The summed E-state index contributed by atoms with van der Waals surface area (Å²) in [5.74, 6) is -1.15. The molecule has 5 atom stereocenters. The molecule has 3 aliphatic rings. The number of nitrogens with zero attached hydrogens (tertiary/aromatic N) is 2. The smallest absolute Gasteiger partial charge is 0.373 e. The van der Waals surface area contributed by atoms with Gasteiger partial charge in [-0.2, -0.15) is 26.3 Å². The van der Waals surface area contributed by atoms with Gasteiger partial charge in [0.05, 0.1) is 30.4 Å². The summed E-state index contributed by atoms with van der Waals surface area (Å²) in [5.41, 5.74) is -0.550. The molecule has 1 unspecified atom stereocenters. The maximum Gasteiger partial charge on any atom is 0.416 e. The highest BCUT2D eigenvalue weighted by molar-refractivity contribution is 5.92. The Kier molecular flexibility index (Phi) is 9.21. The maximum atomic E-state index is 14.0. The Morgan fingerprint density at radius 2 is 1.55 bits per heavy atom. The number of alkyl halides is 6. The molecule has 2 saturated heterocycles. The summed E-state index contributed by atoms with van der Waals surface area (Å²) in [5, 5.41) is 0. The van der Waals surface area contributed by atoms with Gasteiger partial charge in [0.15, 0.2) is 12.1 Å². The Morgan fingerprint density at radius 3 is 2.19 bits per heavy atom. The molecule has 0 saturated carbocycles. The first-order valence-electron chi connectivity index (χ1n) is 15.3. The summed E-state index contributed by atoms with van der Waals surface area (Å²) >= 11 is 0. The van der Waals surface area contributed by atoms with Crippen LogP contribution in [0.4, 0.5) is 30.7 Å². The molecular formula is C35H33F7N2O3. The van der Waals surface area contributed by atoms with E-state index in [1.807, 2.05) is 30.3 Å². The van der Waals surface area contributed by atoms with E-state index in [-0.39, 0.29) is 35.9 Å². The average Bonchev–Trinajstić information content (AvgIpc) is 3.45. The fourth-order valence-corrected chi connectivity index (χ4v) is 6.87. The molecule has 12 heteroatoms. The molecule has 3 aromatic rings. The summed E-state index contributed by atoms with van der Waals surface area (Å²) in [6.07, 6.45) is -10.6. The lowest BCUT2D eigenvalue weighted by Crippen LogP contribution is -2.42. The predicted octanol–water partition coefficient (Wildman–Crippen LogP) is 7.60. The van der Waals surface area contributed by atoms with Crippen LogP contribution in [-0.4, -0.2) is 54.7 Å². The normalized spacial score (nSPS) is 24.6. The van der Waals surface area contributed by atoms with Gasteiger partial charge in [0.1, 0.15) is 5.82 Å². The molecule has 3 aliphatic heterocycles. The van der Waals surface area contributed by atoms with Gasteiger partial charge in [-0.3, -0.25) is 9.69 Å². The maximum absolute atomic E-state index is 14.0. The van der Waals surface area contributed by atoms with Crippen LogP contribution in [0, 0.1) is 17.7 Å². The van der Waals surface area contributed by atoms with Gasteiger partial charge in [-0.15, -0.1) is 0 Å². The Labute approximate surface area is 267 Å². The van der Waals surface area contributed by atoms with Gasteiger partial charge in [-0.25, -0.2) is 4.39 Å². The van der Waals surface area contributed by atoms with Crippen LogP contribution in [0.5, 0.6) is 0 Å². The first kappa shape index (κ1) is 33.2. The second-order valence-electron chi connectivity index (χ2n) is 12.5. The molecule has 47 heavy (non-hydrogen) atoms. The molecule has 0 aromatic heterocycles. The van der Waals surface area contributed by atoms with Gasteiger partial charge >= 0.3 is 12.4 Å². The van der Waals surface area contributed by atoms with Crippen molar-refractivity contribution in [2.24, 2.45) is 11.8 Å². The first-order valence-corrected chi connectivity index (χ1v) is 15.3. The Balaban J connectivity index is 1.25. The lowest BCUT2D eigenvalue weighted by Gasteiger charge is -2.40. The zero-order valence-electron chi connectivity index (χ0n) is 25.4. The molecular weight excluding hydrogens is 629 g/mol. The summed E-state index contributed by atoms with van der Waals surface area (Å²) in [4.78, 5) is 17.0. The second-order valence-corrected chi connectivity index (χ2v) is 12.5. The largest absolute Gasteiger partial charge is 0.416 e. The zero-order valence-corrected chi connectivity index (χ0v) is 25.4. The van der Waals surface area contributed by atoms with Gasteiger partial charge in [0.25, 0.3) is 0 Å². The quantitative estimate of drug-likeness (QED) is 0.244. The molecule has 0 N–H and O–H groups in total. The SMILES string of the molecule is C[C@@H](O[C@H]1OC[C@@H]2CN(C3=CC(=O)CN(Cc4ccccc4)C3)CC2[C@@H]1c1ccc(F)cc1)c1cc(C(F)(F)F)cc(C(F)(F)F)c1. The lowest BCUT2D eigenvalue weighted by atomic mass is 9.77. The standard InChI is InChI=1S/C35H33F7N2O3/c1-21(24-11-26(34(37,38)39)13-27(12-24)35(40,41)42)47-33-32(23-7-9-28(36)10-8-23)31-19-44(16-25(31)20-46-33)29-14-30(45)18-43(17-29)15-22-5-3-2-4-6-22/h2-14,21,25,31-33H,15-20H2,1H3/t21-,25+,31?,32+,33-/m1/s1. The highest BCUT2D eigenvalue weighted by Gasteiger charge is 2.48. The van der Waals surface area contributed by atoms with Crippen molar-refractivity contribution in [2.75, 3.05) is 32.8 Å². The van der Waals surface area contributed by atoms with Crippen molar-refractivity contribution in [2.45, 2.75) is 44.1 Å². The monoisotopic (exact) mass is 662 g/mol. The van der Waals surface area contributed by atoms with Crippen molar-refractivity contribution < 1.29 is 45.0 Å². The van der Waals surface area contributed by atoms with E-state index in [2.05, 4.69) is 9.80 Å². The van der Waals surface area contributed by atoms with Crippen LogP contribution in [0.1, 0.15) is 46.8 Å². The number of carbonyl (C=O) groups is 1. The van der Waals surface area contributed by atoms with Crippen molar-refractivity contribution in [3.05, 3.63) is 118 Å². The third kappa shape index (κ3) is 7.55. The lowest BCUT2D eigenvalue weighted by molar-refractivity contribution is -0.217. The second kappa shape index (κ2) is 13.0. The van der Waals surface area contributed by atoms with Gasteiger partial charge in [-0.1, -0.05) is 42.5 Å². The number of hydrogen-bond acceptors (Lipinski definition) is 5. The van der Waals surface area contributed by atoms with Crippen molar-refractivity contribution >= 4 is 5.78 Å². The first-order chi connectivity index (χ1) is 22.2. The fraction of sp³-hybridized carbons (Fsp3) is 0.400. The molecule has 3 aromatic carbocycles. The minimum atomic E-state index is -5.00. The van der Waals surface area contributed by atoms with E-state index in [9.17, 15) is 35.5 Å². The van der Waals surface area contributed by atoms with Crippen LogP contribution in [0.2, 0.25) is 0 Å². The number of carbonyl (C=O) groups excluding carboxylic acids is 1. The molecule has 5 nitrogen and oxygen atoms in total. The molecule has 6 rings (SSSR count). The zero-order chi connectivity index (χ0) is 33.5. The average molecular weight is 663 g/mol. The van der Waals surface area contributed by atoms with Crippen molar-refractivity contribution in [1.29, 1.82) is 0 Å². The van der Waals surface area contributed by atoms with E-state index in [0.717, 1.165) is 11.3 Å². The summed E-state index contributed by atoms with van der Waals surface area (Å²) < 4.78 is 108. The van der Waals surface area contributed by atoms with E-state index in [1.54, 1.807) is 18.2 Å². The van der Waals surface area contributed by atoms with Crippen molar-refractivity contribution in [1.82, 2.24) is 9.80 Å². The van der Waals surface area contributed by atoms with E-state index >= 15 is 0 Å². The van der Waals surface area contributed by atoms with Gasteiger partial charge in [0.2, 0.25) is 0 Å². The van der Waals surface area contributed by atoms with Crippen molar-refractivity contribution in [3.63, 3.8) is 0 Å². The highest BCUT2D eigenvalue weighted by atomic mass is 19.4. The van der Waals surface area contributed by atoms with E-state index in [4.69, 9.17) is 9.47 Å². The molecule has 0 radical (unpaired) electrons. The highest BCUT2D eigenvalue weighted by Crippen LogP contribution is 2.46. The number of ether oxygens (including phenoxy) is 2. The number of halogens is 7.